The van der Waals surface area contributed by atoms with Crippen LogP contribution in [0.2, 0.25) is 0 Å². The van der Waals surface area contributed by atoms with Crippen molar-refractivity contribution >= 4 is 29.0 Å². The van der Waals surface area contributed by atoms with Crippen LogP contribution in [0.25, 0.3) is 10.6 Å². The SMILES string of the molecule is O=C(c1cc(-c2cccs2)[nH]n1)N1CCC(Oc2cnsn2)C1. The van der Waals surface area contributed by atoms with Crippen molar-refractivity contribution in [1.29, 1.82) is 0 Å². The summed E-state index contributed by atoms with van der Waals surface area (Å²) in [6.07, 6.45) is 2.33. The summed E-state index contributed by atoms with van der Waals surface area (Å²) in [5.74, 6) is 0.445. The molecule has 7 nitrogen and oxygen atoms in total. The number of H-pyrrole nitrogens is 1. The number of carbonyl (C=O) groups excluding carboxylic acids is 1. The van der Waals surface area contributed by atoms with Crippen LogP contribution in [-0.4, -0.2) is 48.9 Å². The number of likely N-dealkylation sites (tertiary alicyclic amines) is 1. The Morgan fingerprint density at radius 3 is 3.22 bits per heavy atom. The zero-order valence-corrected chi connectivity index (χ0v) is 13.6. The van der Waals surface area contributed by atoms with Crippen molar-refractivity contribution in [2.45, 2.75) is 12.5 Å². The van der Waals surface area contributed by atoms with E-state index in [4.69, 9.17) is 4.74 Å². The van der Waals surface area contributed by atoms with Crippen molar-refractivity contribution in [3.8, 4) is 16.5 Å². The number of hydrogen-bond acceptors (Lipinski definition) is 7. The molecule has 1 aliphatic heterocycles. The molecule has 0 spiro atoms. The van der Waals surface area contributed by atoms with E-state index in [0.29, 0.717) is 24.7 Å². The molecular formula is C14H13N5O2S2. The maximum absolute atomic E-state index is 12.5. The van der Waals surface area contributed by atoms with Gasteiger partial charge in [-0.2, -0.15) is 9.47 Å². The first-order valence-electron chi connectivity index (χ1n) is 7.12. The highest BCUT2D eigenvalue weighted by Gasteiger charge is 2.30. The Labute approximate surface area is 140 Å². The average molecular weight is 347 g/mol. The first kappa shape index (κ1) is 14.3. The van der Waals surface area contributed by atoms with Crippen molar-refractivity contribution in [2.24, 2.45) is 0 Å². The number of nitrogens with one attached hydrogen (secondary N) is 1. The van der Waals surface area contributed by atoms with Crippen LogP contribution in [-0.2, 0) is 0 Å². The van der Waals surface area contributed by atoms with E-state index >= 15 is 0 Å². The molecule has 0 bridgehead atoms. The van der Waals surface area contributed by atoms with Gasteiger partial charge in [0.2, 0.25) is 5.88 Å². The number of ether oxygens (including phenoxy) is 1. The van der Waals surface area contributed by atoms with E-state index in [1.54, 1.807) is 28.5 Å². The number of aromatic nitrogens is 4. The lowest BCUT2D eigenvalue weighted by Crippen LogP contribution is -2.31. The molecule has 1 amide bonds. The molecule has 118 valence electrons. The standard InChI is InChI=1S/C14H13N5O2S2/c20-14(11-6-10(16-17-11)12-2-1-5-22-12)19-4-3-9(8-19)21-13-7-15-23-18-13/h1-2,5-7,9H,3-4,8H2,(H,16,17). The van der Waals surface area contributed by atoms with Gasteiger partial charge in [0.25, 0.3) is 5.91 Å². The highest BCUT2D eigenvalue weighted by Crippen LogP contribution is 2.24. The Morgan fingerprint density at radius 1 is 1.48 bits per heavy atom. The van der Waals surface area contributed by atoms with Gasteiger partial charge in [-0.3, -0.25) is 9.89 Å². The third-order valence-corrected chi connectivity index (χ3v) is 5.01. The lowest BCUT2D eigenvalue weighted by molar-refractivity contribution is 0.0765. The van der Waals surface area contributed by atoms with Gasteiger partial charge in [-0.05, 0) is 17.5 Å². The van der Waals surface area contributed by atoms with Crippen LogP contribution >= 0.6 is 23.1 Å². The van der Waals surface area contributed by atoms with E-state index in [0.717, 1.165) is 28.7 Å². The van der Waals surface area contributed by atoms with Crippen molar-refractivity contribution < 1.29 is 9.53 Å². The van der Waals surface area contributed by atoms with E-state index in [1.165, 1.54) is 0 Å². The van der Waals surface area contributed by atoms with Gasteiger partial charge in [0, 0.05) is 13.0 Å². The van der Waals surface area contributed by atoms with Crippen LogP contribution in [0.15, 0.2) is 29.8 Å². The third kappa shape index (κ3) is 2.97. The van der Waals surface area contributed by atoms with Crippen LogP contribution in [0.4, 0.5) is 0 Å². The summed E-state index contributed by atoms with van der Waals surface area (Å²) in [4.78, 5) is 15.4. The lowest BCUT2D eigenvalue weighted by Gasteiger charge is -2.14. The normalized spacial score (nSPS) is 17.6. The largest absolute Gasteiger partial charge is 0.471 e. The zero-order chi connectivity index (χ0) is 15.6. The van der Waals surface area contributed by atoms with Crippen LogP contribution in [0.3, 0.4) is 0 Å². The molecule has 1 N–H and O–H groups in total. The van der Waals surface area contributed by atoms with Crippen molar-refractivity contribution in [1.82, 2.24) is 23.8 Å². The molecule has 1 aliphatic rings. The molecule has 9 heteroatoms. The molecule has 1 atom stereocenters. The molecule has 23 heavy (non-hydrogen) atoms. The summed E-state index contributed by atoms with van der Waals surface area (Å²) in [6.45, 7) is 1.19. The van der Waals surface area contributed by atoms with Crippen LogP contribution in [0.5, 0.6) is 5.88 Å². The van der Waals surface area contributed by atoms with Gasteiger partial charge in [-0.25, -0.2) is 0 Å². The lowest BCUT2D eigenvalue weighted by atomic mass is 10.3. The predicted molar refractivity (Wildman–Crippen MR) is 86.7 cm³/mol. The fraction of sp³-hybridized carbons (Fsp3) is 0.286. The summed E-state index contributed by atoms with van der Waals surface area (Å²) < 4.78 is 13.6. The first-order chi connectivity index (χ1) is 11.3. The van der Waals surface area contributed by atoms with Crippen molar-refractivity contribution in [3.63, 3.8) is 0 Å². The number of rotatable bonds is 4. The van der Waals surface area contributed by atoms with Gasteiger partial charge < -0.3 is 9.64 Å². The molecule has 0 saturated carbocycles. The first-order valence-corrected chi connectivity index (χ1v) is 8.73. The quantitative estimate of drug-likeness (QED) is 0.783. The second kappa shape index (κ2) is 6.09. The van der Waals surface area contributed by atoms with Crippen LogP contribution < -0.4 is 4.74 Å². The molecule has 1 fully saturated rings. The Balaban J connectivity index is 1.42. The number of amides is 1. The van der Waals surface area contributed by atoms with Crippen LogP contribution in [0.1, 0.15) is 16.9 Å². The number of nitrogens with zero attached hydrogens (tertiary/aromatic N) is 4. The molecule has 4 heterocycles. The summed E-state index contributed by atoms with van der Waals surface area (Å²) in [6, 6.07) is 5.76. The number of hydrogen-bond donors (Lipinski definition) is 1. The number of aromatic amines is 1. The molecular weight excluding hydrogens is 334 g/mol. The summed E-state index contributed by atoms with van der Waals surface area (Å²) in [5, 5.41) is 9.06. The monoisotopic (exact) mass is 347 g/mol. The molecule has 1 saturated heterocycles. The maximum Gasteiger partial charge on any atom is 0.274 e. The van der Waals surface area contributed by atoms with Gasteiger partial charge in [0.15, 0.2) is 5.69 Å². The van der Waals surface area contributed by atoms with Gasteiger partial charge in [0.05, 0.1) is 28.8 Å². The van der Waals surface area contributed by atoms with Crippen LogP contribution in [0, 0.1) is 0 Å². The minimum atomic E-state index is -0.0773. The minimum Gasteiger partial charge on any atom is -0.471 e. The highest BCUT2D eigenvalue weighted by molar-refractivity contribution is 7.13. The maximum atomic E-state index is 12.5. The summed E-state index contributed by atoms with van der Waals surface area (Å²) in [7, 11) is 0. The zero-order valence-electron chi connectivity index (χ0n) is 12.0. The molecule has 0 aliphatic carbocycles. The van der Waals surface area contributed by atoms with E-state index in [1.807, 2.05) is 17.5 Å². The molecule has 1 unspecified atom stereocenters. The van der Waals surface area contributed by atoms with Crippen molar-refractivity contribution in [2.75, 3.05) is 13.1 Å². The van der Waals surface area contributed by atoms with E-state index in [2.05, 4.69) is 18.9 Å². The fourth-order valence-corrected chi connectivity index (χ4v) is 3.59. The number of thiophene rings is 1. The van der Waals surface area contributed by atoms with Gasteiger partial charge in [0.1, 0.15) is 12.3 Å². The van der Waals surface area contributed by atoms with E-state index in [9.17, 15) is 4.79 Å². The van der Waals surface area contributed by atoms with E-state index in [-0.39, 0.29) is 12.0 Å². The average Bonchev–Trinajstić information content (AvgIpc) is 3.33. The van der Waals surface area contributed by atoms with Gasteiger partial charge >= 0.3 is 0 Å². The smallest absolute Gasteiger partial charge is 0.274 e. The fourth-order valence-electron chi connectivity index (χ4n) is 2.54. The summed E-state index contributed by atoms with van der Waals surface area (Å²) >= 11 is 2.72. The molecule has 0 aromatic carbocycles. The van der Waals surface area contributed by atoms with Gasteiger partial charge in [-0.15, -0.1) is 15.7 Å². The third-order valence-electron chi connectivity index (χ3n) is 3.64. The molecule has 0 radical (unpaired) electrons. The second-order valence-electron chi connectivity index (χ2n) is 5.17. The van der Waals surface area contributed by atoms with Crippen molar-refractivity contribution in [3.05, 3.63) is 35.5 Å². The van der Waals surface area contributed by atoms with Gasteiger partial charge in [-0.1, -0.05) is 6.07 Å². The predicted octanol–water partition coefficient (Wildman–Crippen LogP) is 2.28. The minimum absolute atomic E-state index is 0.0430. The molecule has 3 aromatic heterocycles. The Bertz CT molecular complexity index is 784. The topological polar surface area (TPSA) is 84.0 Å². The second-order valence-corrected chi connectivity index (χ2v) is 6.67. The Kier molecular flexibility index (Phi) is 3.80. The van der Waals surface area contributed by atoms with E-state index < -0.39 is 0 Å². The molecule has 4 rings (SSSR count). The Hall–Kier alpha value is -2.26. The summed E-state index contributed by atoms with van der Waals surface area (Å²) in [5.41, 5.74) is 1.30. The number of carbonyl (C=O) groups is 1. The Morgan fingerprint density at radius 2 is 2.43 bits per heavy atom. The highest BCUT2D eigenvalue weighted by atomic mass is 32.1. The molecule has 3 aromatic rings.